The summed E-state index contributed by atoms with van der Waals surface area (Å²) in [5, 5.41) is 6.94. The molecule has 9 nitrogen and oxygen atoms in total. The fourth-order valence-corrected chi connectivity index (χ4v) is 4.36. The molecule has 0 unspecified atom stereocenters. The van der Waals surface area contributed by atoms with Gasteiger partial charge in [0.15, 0.2) is 5.78 Å². The maximum absolute atomic E-state index is 13.3. The van der Waals surface area contributed by atoms with Crippen molar-refractivity contribution < 1.29 is 18.8 Å². The molecule has 0 aliphatic carbocycles. The topological polar surface area (TPSA) is 115 Å². The number of likely N-dealkylation sites (tertiary alicyclic amines) is 1. The van der Waals surface area contributed by atoms with E-state index in [-0.39, 0.29) is 36.0 Å². The van der Waals surface area contributed by atoms with Crippen LogP contribution in [0.1, 0.15) is 74.4 Å². The summed E-state index contributed by atoms with van der Waals surface area (Å²) in [6, 6.07) is 7.64. The molecule has 0 saturated carbocycles. The first kappa shape index (κ1) is 26.5. The Labute approximate surface area is 205 Å². The predicted octanol–water partition coefficient (Wildman–Crippen LogP) is 2.94. The molecule has 1 aliphatic rings. The molecule has 1 aromatic heterocycles. The molecule has 1 saturated heterocycles. The number of amides is 1. The van der Waals surface area contributed by atoms with Crippen molar-refractivity contribution in [3.05, 3.63) is 52.3 Å². The quantitative estimate of drug-likeness (QED) is 0.488. The molecule has 1 amide bonds. The van der Waals surface area contributed by atoms with Gasteiger partial charge in [0.1, 0.15) is 0 Å². The number of benzene rings is 1. The molecular formula is C26H36N4O5. The van der Waals surface area contributed by atoms with Gasteiger partial charge in [-0.2, -0.15) is 4.68 Å². The van der Waals surface area contributed by atoms with Crippen molar-refractivity contribution in [2.45, 2.75) is 72.0 Å². The number of carbonyl (C=O) groups is 3. The number of ketones is 2. The first-order valence-electron chi connectivity index (χ1n) is 12.4. The number of piperidine rings is 1. The van der Waals surface area contributed by atoms with Crippen molar-refractivity contribution in [2.75, 3.05) is 13.1 Å². The molecule has 9 heteroatoms. The minimum Gasteiger partial charge on any atom is -0.384 e. The first-order chi connectivity index (χ1) is 16.7. The average molecular weight is 485 g/mol. The van der Waals surface area contributed by atoms with Gasteiger partial charge in [0.05, 0.1) is 25.2 Å². The molecule has 35 heavy (non-hydrogen) atoms. The van der Waals surface area contributed by atoms with Crippen LogP contribution in [0.15, 0.2) is 39.5 Å². The predicted molar refractivity (Wildman–Crippen MR) is 131 cm³/mol. The Morgan fingerprint density at radius 3 is 2.46 bits per heavy atom. The van der Waals surface area contributed by atoms with Gasteiger partial charge >= 0.3 is 5.76 Å². The second kappa shape index (κ2) is 12.1. The van der Waals surface area contributed by atoms with Crippen molar-refractivity contribution in [3.63, 3.8) is 0 Å². The molecule has 1 aliphatic heterocycles. The largest absolute Gasteiger partial charge is 0.437 e. The minimum atomic E-state index is -0.873. The van der Waals surface area contributed by atoms with Crippen LogP contribution in [0.25, 0.3) is 0 Å². The van der Waals surface area contributed by atoms with Gasteiger partial charge in [0, 0.05) is 5.56 Å². The molecule has 2 heterocycles. The van der Waals surface area contributed by atoms with Crippen molar-refractivity contribution in [1.29, 1.82) is 0 Å². The van der Waals surface area contributed by atoms with Crippen LogP contribution in [0.3, 0.4) is 0 Å². The number of nitrogens with one attached hydrogen (secondary N) is 1. The smallest absolute Gasteiger partial charge is 0.384 e. The fraction of sp³-hybridized carbons (Fsp3) is 0.577. The summed E-state index contributed by atoms with van der Waals surface area (Å²) in [5.41, 5.74) is 0.608. The number of aromatic nitrogens is 2. The summed E-state index contributed by atoms with van der Waals surface area (Å²) >= 11 is 0. The Morgan fingerprint density at radius 1 is 1.09 bits per heavy atom. The highest BCUT2D eigenvalue weighted by atomic mass is 16.4. The molecule has 0 bridgehead atoms. The summed E-state index contributed by atoms with van der Waals surface area (Å²) in [6.07, 6.45) is 2.75. The molecule has 1 aromatic carbocycles. The van der Waals surface area contributed by atoms with E-state index in [1.165, 1.54) is 0 Å². The lowest BCUT2D eigenvalue weighted by atomic mass is 9.97. The van der Waals surface area contributed by atoms with Crippen LogP contribution in [0.4, 0.5) is 0 Å². The molecule has 190 valence electrons. The van der Waals surface area contributed by atoms with E-state index in [1.807, 2.05) is 50.8 Å². The standard InChI is InChI=1S/C26H36N4O5/c1-17(2)14-20(23(32)25-28-30(15-18(3)4)26(34)35-25)27-24(33)21-12-8-9-13-29(21)16-22(31)19-10-6-5-7-11-19/h5-7,10-11,17-18,20-21H,8-9,12-16H2,1-4H3,(H,27,33)/t20-,21-/m0/s1. The van der Waals surface area contributed by atoms with Crippen LogP contribution < -0.4 is 11.1 Å². The number of hydrogen-bond acceptors (Lipinski definition) is 7. The summed E-state index contributed by atoms with van der Waals surface area (Å²) in [5.74, 6) is -1.57. The number of carbonyl (C=O) groups excluding carboxylic acids is 3. The van der Waals surface area contributed by atoms with Crippen LogP contribution in [-0.4, -0.2) is 57.3 Å². The van der Waals surface area contributed by atoms with Gasteiger partial charge in [-0.25, -0.2) is 4.79 Å². The second-order valence-corrected chi connectivity index (χ2v) is 10.1. The van der Waals surface area contributed by atoms with Crippen LogP contribution in [0.5, 0.6) is 0 Å². The van der Waals surface area contributed by atoms with E-state index in [4.69, 9.17) is 4.42 Å². The van der Waals surface area contributed by atoms with E-state index < -0.39 is 23.6 Å². The van der Waals surface area contributed by atoms with Crippen molar-refractivity contribution in [3.8, 4) is 0 Å². The van der Waals surface area contributed by atoms with Crippen LogP contribution in [0, 0.1) is 11.8 Å². The Bertz CT molecular complexity index is 1070. The van der Waals surface area contributed by atoms with E-state index >= 15 is 0 Å². The highest BCUT2D eigenvalue weighted by molar-refractivity contribution is 6.00. The highest BCUT2D eigenvalue weighted by Gasteiger charge is 2.34. The molecule has 0 spiro atoms. The van der Waals surface area contributed by atoms with Gasteiger partial charge in [-0.05, 0) is 37.6 Å². The number of nitrogens with zero attached hydrogens (tertiary/aromatic N) is 3. The number of hydrogen-bond donors (Lipinski definition) is 1. The van der Waals surface area contributed by atoms with Crippen molar-refractivity contribution >= 4 is 17.5 Å². The van der Waals surface area contributed by atoms with E-state index in [2.05, 4.69) is 10.4 Å². The molecule has 0 radical (unpaired) electrons. The summed E-state index contributed by atoms with van der Waals surface area (Å²) in [6.45, 7) is 8.87. The summed E-state index contributed by atoms with van der Waals surface area (Å²) in [7, 11) is 0. The summed E-state index contributed by atoms with van der Waals surface area (Å²) < 4.78 is 6.27. The Kier molecular flexibility index (Phi) is 9.14. The third kappa shape index (κ3) is 7.21. The minimum absolute atomic E-state index is 0.0439. The Balaban J connectivity index is 1.74. The van der Waals surface area contributed by atoms with E-state index in [9.17, 15) is 19.2 Å². The molecule has 1 N–H and O–H groups in total. The van der Waals surface area contributed by atoms with Gasteiger partial charge < -0.3 is 9.73 Å². The maximum Gasteiger partial charge on any atom is 0.437 e. The van der Waals surface area contributed by atoms with Crippen molar-refractivity contribution in [1.82, 2.24) is 20.0 Å². The lowest BCUT2D eigenvalue weighted by Gasteiger charge is -2.35. The van der Waals surface area contributed by atoms with Gasteiger partial charge in [-0.1, -0.05) is 64.4 Å². The maximum atomic E-state index is 13.3. The van der Waals surface area contributed by atoms with Gasteiger partial charge in [-0.15, -0.1) is 5.10 Å². The monoisotopic (exact) mass is 484 g/mol. The second-order valence-electron chi connectivity index (χ2n) is 10.1. The zero-order valence-electron chi connectivity index (χ0n) is 21.0. The zero-order chi connectivity index (χ0) is 25.5. The Hall–Kier alpha value is -3.07. The van der Waals surface area contributed by atoms with Crippen LogP contribution in [0.2, 0.25) is 0 Å². The SMILES string of the molecule is CC(C)C[C@H](NC(=O)[C@@H]1CCCCN1CC(=O)c1ccccc1)C(=O)c1nn(CC(C)C)c(=O)o1. The molecule has 3 rings (SSSR count). The Morgan fingerprint density at radius 2 is 1.80 bits per heavy atom. The third-order valence-corrected chi connectivity index (χ3v) is 6.05. The van der Waals surface area contributed by atoms with Gasteiger partial charge in [0.2, 0.25) is 11.7 Å². The van der Waals surface area contributed by atoms with Crippen LogP contribution in [-0.2, 0) is 11.3 Å². The lowest BCUT2D eigenvalue weighted by molar-refractivity contribution is -0.128. The molecular weight excluding hydrogens is 448 g/mol. The molecule has 1 fully saturated rings. The highest BCUT2D eigenvalue weighted by Crippen LogP contribution is 2.19. The first-order valence-corrected chi connectivity index (χ1v) is 12.4. The van der Waals surface area contributed by atoms with Gasteiger partial charge in [0.25, 0.3) is 5.89 Å². The zero-order valence-corrected chi connectivity index (χ0v) is 21.0. The van der Waals surface area contributed by atoms with E-state index in [0.29, 0.717) is 31.5 Å². The lowest BCUT2D eigenvalue weighted by Crippen LogP contribution is -2.54. The molecule has 2 atom stereocenters. The fourth-order valence-electron chi connectivity index (χ4n) is 4.36. The normalized spacial score (nSPS) is 17.5. The number of Topliss-reactive ketones (excluding diaryl/α,β-unsaturated/α-hetero) is 2. The van der Waals surface area contributed by atoms with Crippen molar-refractivity contribution in [2.24, 2.45) is 11.8 Å². The van der Waals surface area contributed by atoms with Gasteiger partial charge in [-0.3, -0.25) is 19.3 Å². The van der Waals surface area contributed by atoms with E-state index in [1.54, 1.807) is 12.1 Å². The van der Waals surface area contributed by atoms with Crippen LogP contribution >= 0.6 is 0 Å². The van der Waals surface area contributed by atoms with E-state index in [0.717, 1.165) is 17.5 Å². The molecule has 2 aromatic rings. The number of rotatable bonds is 11. The average Bonchev–Trinajstić information content (AvgIpc) is 3.18. The summed E-state index contributed by atoms with van der Waals surface area (Å²) in [4.78, 5) is 53.3. The third-order valence-electron chi connectivity index (χ3n) is 6.05.